The topological polar surface area (TPSA) is 21.6 Å². The number of rotatable bonds is 2. The van der Waals surface area contributed by atoms with Crippen molar-refractivity contribution in [1.82, 2.24) is 0 Å². The van der Waals surface area contributed by atoms with Gasteiger partial charge in [0.1, 0.15) is 7.11 Å². The first-order chi connectivity index (χ1) is 6.57. The van der Waals surface area contributed by atoms with Crippen LogP contribution in [0.3, 0.4) is 0 Å². The molecule has 1 aromatic rings. The second-order valence-electron chi connectivity index (χ2n) is 2.30. The smallest absolute Gasteiger partial charge is 0.169 e. The number of halogens is 4. The Balaban J connectivity index is 3.32. The molecule has 2 nitrogen and oxygen atoms in total. The fourth-order valence-electron chi connectivity index (χ4n) is 0.810. The van der Waals surface area contributed by atoms with Crippen molar-refractivity contribution >= 4 is 33.7 Å². The summed E-state index contributed by atoms with van der Waals surface area (Å²) >= 11 is 8.69. The molecule has 0 spiro atoms. The van der Waals surface area contributed by atoms with E-state index in [0.717, 1.165) is 12.3 Å². The van der Waals surface area contributed by atoms with E-state index in [1.807, 2.05) is 0 Å². The van der Waals surface area contributed by atoms with E-state index in [-0.39, 0.29) is 15.1 Å². The van der Waals surface area contributed by atoms with Crippen molar-refractivity contribution in [2.24, 2.45) is 5.16 Å². The van der Waals surface area contributed by atoms with E-state index in [1.54, 1.807) is 0 Å². The fraction of sp³-hybridized carbons (Fsp3) is 0.125. The minimum atomic E-state index is -1.06. The average Bonchev–Trinajstić information content (AvgIpc) is 2.15. The summed E-state index contributed by atoms with van der Waals surface area (Å²) in [6, 6.07) is 0.946. The van der Waals surface area contributed by atoms with E-state index < -0.39 is 11.6 Å². The standard InChI is InChI=1S/C8H5BrClF2NO/c1-14-13-3-4-7(10)5(9)2-6(11)8(4)12/h2-3H,1H3. The van der Waals surface area contributed by atoms with Gasteiger partial charge in [-0.2, -0.15) is 0 Å². The van der Waals surface area contributed by atoms with Gasteiger partial charge in [0, 0.05) is 4.47 Å². The van der Waals surface area contributed by atoms with E-state index in [2.05, 4.69) is 25.9 Å². The highest BCUT2D eigenvalue weighted by atomic mass is 79.9. The second-order valence-corrected chi connectivity index (χ2v) is 3.53. The summed E-state index contributed by atoms with van der Waals surface area (Å²) in [6.45, 7) is 0. The SMILES string of the molecule is CON=Cc1c(F)c(F)cc(Br)c1Cl. The molecule has 0 heterocycles. The van der Waals surface area contributed by atoms with Gasteiger partial charge < -0.3 is 4.84 Å². The predicted molar refractivity (Wildman–Crippen MR) is 53.7 cm³/mol. The molecular formula is C8H5BrClF2NO. The summed E-state index contributed by atoms with van der Waals surface area (Å²) in [5, 5.41) is 3.36. The Morgan fingerprint density at radius 1 is 1.57 bits per heavy atom. The second kappa shape index (κ2) is 4.70. The molecule has 76 valence electrons. The molecule has 0 fully saturated rings. The Labute approximate surface area is 92.6 Å². The molecule has 1 aromatic carbocycles. The maximum atomic E-state index is 13.1. The van der Waals surface area contributed by atoms with E-state index in [9.17, 15) is 8.78 Å². The Kier molecular flexibility index (Phi) is 3.83. The van der Waals surface area contributed by atoms with Gasteiger partial charge in [0.2, 0.25) is 0 Å². The van der Waals surface area contributed by atoms with Crippen LogP contribution in [0.1, 0.15) is 5.56 Å². The largest absolute Gasteiger partial charge is 0.399 e. The number of hydrogen-bond acceptors (Lipinski definition) is 2. The highest BCUT2D eigenvalue weighted by Gasteiger charge is 2.14. The molecule has 0 unspecified atom stereocenters. The quantitative estimate of drug-likeness (QED) is 0.463. The minimum absolute atomic E-state index is 0.0460. The first-order valence-corrected chi connectivity index (χ1v) is 4.64. The molecule has 0 aliphatic heterocycles. The van der Waals surface area contributed by atoms with Gasteiger partial charge in [0.05, 0.1) is 16.8 Å². The summed E-state index contributed by atoms with van der Waals surface area (Å²) in [6.07, 6.45) is 1.01. The average molecular weight is 284 g/mol. The van der Waals surface area contributed by atoms with Gasteiger partial charge in [-0.15, -0.1) is 0 Å². The molecule has 0 bridgehead atoms. The Morgan fingerprint density at radius 2 is 2.21 bits per heavy atom. The maximum Gasteiger partial charge on any atom is 0.169 e. The zero-order valence-corrected chi connectivity index (χ0v) is 9.36. The van der Waals surface area contributed by atoms with Crippen LogP contribution in [0.4, 0.5) is 8.78 Å². The summed E-state index contributed by atoms with van der Waals surface area (Å²) in [7, 11) is 1.29. The third-order valence-corrected chi connectivity index (χ3v) is 2.69. The third kappa shape index (κ3) is 2.22. The molecule has 14 heavy (non-hydrogen) atoms. The molecule has 0 N–H and O–H groups in total. The summed E-state index contributed by atoms with van der Waals surface area (Å²) in [4.78, 5) is 4.34. The van der Waals surface area contributed by atoms with Crippen molar-refractivity contribution in [3.8, 4) is 0 Å². The van der Waals surface area contributed by atoms with Crippen molar-refractivity contribution in [2.45, 2.75) is 0 Å². The van der Waals surface area contributed by atoms with E-state index in [0.29, 0.717) is 0 Å². The van der Waals surface area contributed by atoms with Crippen molar-refractivity contribution in [1.29, 1.82) is 0 Å². The molecule has 0 atom stereocenters. The first kappa shape index (κ1) is 11.4. The van der Waals surface area contributed by atoms with Crippen molar-refractivity contribution < 1.29 is 13.6 Å². The predicted octanol–water partition coefficient (Wildman–Crippen LogP) is 3.36. The lowest BCUT2D eigenvalue weighted by Crippen LogP contribution is -1.96. The lowest BCUT2D eigenvalue weighted by atomic mass is 10.2. The lowest BCUT2D eigenvalue weighted by molar-refractivity contribution is 0.215. The van der Waals surface area contributed by atoms with Crippen LogP contribution in [-0.2, 0) is 4.84 Å². The van der Waals surface area contributed by atoms with Crippen molar-refractivity contribution in [3.05, 3.63) is 32.8 Å². The Morgan fingerprint density at radius 3 is 2.79 bits per heavy atom. The van der Waals surface area contributed by atoms with Gasteiger partial charge in [-0.3, -0.25) is 0 Å². The number of benzene rings is 1. The van der Waals surface area contributed by atoms with Gasteiger partial charge >= 0.3 is 0 Å². The van der Waals surface area contributed by atoms with E-state index in [1.165, 1.54) is 7.11 Å². The normalized spacial score (nSPS) is 10.9. The fourth-order valence-corrected chi connectivity index (χ4v) is 1.41. The van der Waals surface area contributed by atoms with Crippen LogP contribution in [0.5, 0.6) is 0 Å². The Hall–Kier alpha value is -0.680. The molecule has 1 rings (SSSR count). The van der Waals surface area contributed by atoms with Crippen molar-refractivity contribution in [2.75, 3.05) is 7.11 Å². The van der Waals surface area contributed by atoms with Crippen LogP contribution in [0, 0.1) is 11.6 Å². The molecule has 0 radical (unpaired) electrons. The molecule has 0 saturated heterocycles. The zero-order valence-electron chi connectivity index (χ0n) is 7.02. The number of hydrogen-bond donors (Lipinski definition) is 0. The summed E-state index contributed by atoms with van der Waals surface area (Å²) in [5.41, 5.74) is -0.152. The number of oxime groups is 1. The molecule has 0 saturated carbocycles. The maximum absolute atomic E-state index is 13.1. The van der Waals surface area contributed by atoms with Crippen LogP contribution in [-0.4, -0.2) is 13.3 Å². The highest BCUT2D eigenvalue weighted by Crippen LogP contribution is 2.29. The van der Waals surface area contributed by atoms with Crippen LogP contribution < -0.4 is 0 Å². The van der Waals surface area contributed by atoms with Gasteiger partial charge in [0.15, 0.2) is 11.6 Å². The molecule has 0 aromatic heterocycles. The monoisotopic (exact) mass is 283 g/mol. The van der Waals surface area contributed by atoms with Gasteiger partial charge in [-0.1, -0.05) is 16.8 Å². The van der Waals surface area contributed by atoms with Crippen LogP contribution in [0.25, 0.3) is 0 Å². The van der Waals surface area contributed by atoms with Crippen LogP contribution >= 0.6 is 27.5 Å². The first-order valence-electron chi connectivity index (χ1n) is 3.47. The Bertz CT molecular complexity index is 358. The molecule has 0 amide bonds. The molecule has 6 heteroatoms. The minimum Gasteiger partial charge on any atom is -0.399 e. The number of nitrogens with zero attached hydrogens (tertiary/aromatic N) is 1. The van der Waals surface area contributed by atoms with Crippen LogP contribution in [0.2, 0.25) is 5.02 Å². The van der Waals surface area contributed by atoms with E-state index >= 15 is 0 Å². The highest BCUT2D eigenvalue weighted by molar-refractivity contribution is 9.10. The molecule has 0 aliphatic carbocycles. The van der Waals surface area contributed by atoms with Crippen LogP contribution in [0.15, 0.2) is 15.7 Å². The zero-order chi connectivity index (χ0) is 10.7. The molecular weight excluding hydrogens is 279 g/mol. The van der Waals surface area contributed by atoms with Gasteiger partial charge in [-0.25, -0.2) is 8.78 Å². The molecule has 0 aliphatic rings. The van der Waals surface area contributed by atoms with E-state index in [4.69, 9.17) is 11.6 Å². The lowest BCUT2D eigenvalue weighted by Gasteiger charge is -2.03. The van der Waals surface area contributed by atoms with Gasteiger partial charge in [-0.05, 0) is 22.0 Å². The third-order valence-electron chi connectivity index (χ3n) is 1.43. The van der Waals surface area contributed by atoms with Gasteiger partial charge in [0.25, 0.3) is 0 Å². The summed E-state index contributed by atoms with van der Waals surface area (Å²) in [5.74, 6) is -2.06. The van der Waals surface area contributed by atoms with Crippen molar-refractivity contribution in [3.63, 3.8) is 0 Å². The summed E-state index contributed by atoms with van der Waals surface area (Å²) < 4.78 is 26.3.